The predicted octanol–water partition coefficient (Wildman–Crippen LogP) is 0.523. The number of nitrogens with zero attached hydrogens (tertiary/aromatic N) is 1. The molecule has 0 heterocycles. The van der Waals surface area contributed by atoms with Gasteiger partial charge in [-0.15, -0.1) is 0 Å². The van der Waals surface area contributed by atoms with Gasteiger partial charge in [0.2, 0.25) is 0 Å². The fourth-order valence-corrected chi connectivity index (χ4v) is 0.323. The Labute approximate surface area is 58.0 Å². The van der Waals surface area contributed by atoms with Crippen molar-refractivity contribution in [3.63, 3.8) is 0 Å². The first-order valence-electron chi connectivity index (χ1n) is 2.77. The van der Waals surface area contributed by atoms with E-state index >= 15 is 0 Å². The first kappa shape index (κ1) is 9.13. The SMILES string of the molecule is CN(C)C(=O)NCC(F)F. The fraction of sp³-hybridized carbons (Fsp3) is 0.800. The maximum Gasteiger partial charge on any atom is 0.317 e. The average molecular weight is 152 g/mol. The van der Waals surface area contributed by atoms with E-state index in [9.17, 15) is 13.6 Å². The average Bonchev–Trinajstić information content (AvgIpc) is 1.82. The second-order valence-corrected chi connectivity index (χ2v) is 1.97. The van der Waals surface area contributed by atoms with E-state index in [4.69, 9.17) is 0 Å². The number of halogens is 2. The van der Waals surface area contributed by atoms with Crippen molar-refractivity contribution in [2.75, 3.05) is 20.6 Å². The van der Waals surface area contributed by atoms with Crippen LogP contribution in [0.2, 0.25) is 0 Å². The fourth-order valence-electron chi connectivity index (χ4n) is 0.323. The van der Waals surface area contributed by atoms with Gasteiger partial charge in [0.25, 0.3) is 6.43 Å². The first-order chi connectivity index (χ1) is 4.54. The molecule has 0 atom stereocenters. The van der Waals surface area contributed by atoms with Crippen molar-refractivity contribution in [3.8, 4) is 0 Å². The van der Waals surface area contributed by atoms with Crippen molar-refractivity contribution in [1.29, 1.82) is 0 Å². The Hall–Kier alpha value is -0.870. The van der Waals surface area contributed by atoms with Gasteiger partial charge in [-0.3, -0.25) is 0 Å². The molecule has 10 heavy (non-hydrogen) atoms. The summed E-state index contributed by atoms with van der Waals surface area (Å²) in [6.07, 6.45) is -2.48. The molecule has 60 valence electrons. The molecule has 0 rings (SSSR count). The van der Waals surface area contributed by atoms with E-state index in [1.165, 1.54) is 19.0 Å². The number of rotatable bonds is 2. The minimum atomic E-state index is -2.48. The molecule has 0 aromatic carbocycles. The topological polar surface area (TPSA) is 32.3 Å². The Morgan fingerprint density at radius 1 is 1.60 bits per heavy atom. The van der Waals surface area contributed by atoms with Crippen LogP contribution in [0.1, 0.15) is 0 Å². The molecule has 5 heteroatoms. The summed E-state index contributed by atoms with van der Waals surface area (Å²) in [4.78, 5) is 11.7. The summed E-state index contributed by atoms with van der Waals surface area (Å²) in [5.74, 6) is 0. The van der Waals surface area contributed by atoms with Gasteiger partial charge >= 0.3 is 6.03 Å². The standard InChI is InChI=1S/C5H10F2N2O/c1-9(2)5(10)8-3-4(6)7/h4H,3H2,1-2H3,(H,8,10). The molecule has 0 aromatic heterocycles. The number of carbonyl (C=O) groups is 1. The van der Waals surface area contributed by atoms with Crippen LogP contribution in [-0.4, -0.2) is 38.0 Å². The zero-order valence-corrected chi connectivity index (χ0v) is 5.90. The first-order valence-corrected chi connectivity index (χ1v) is 2.77. The molecule has 0 saturated carbocycles. The van der Waals surface area contributed by atoms with Gasteiger partial charge in [-0.25, -0.2) is 13.6 Å². The highest BCUT2D eigenvalue weighted by molar-refractivity contribution is 5.73. The van der Waals surface area contributed by atoms with Gasteiger partial charge in [-0.2, -0.15) is 0 Å². The lowest BCUT2D eigenvalue weighted by molar-refractivity contribution is 0.143. The van der Waals surface area contributed by atoms with Crippen LogP contribution in [0, 0.1) is 0 Å². The highest BCUT2D eigenvalue weighted by Gasteiger charge is 2.06. The number of amides is 2. The zero-order valence-electron chi connectivity index (χ0n) is 5.90. The van der Waals surface area contributed by atoms with E-state index < -0.39 is 19.0 Å². The predicted molar refractivity (Wildman–Crippen MR) is 33.1 cm³/mol. The van der Waals surface area contributed by atoms with Crippen LogP contribution >= 0.6 is 0 Å². The highest BCUT2D eigenvalue weighted by Crippen LogP contribution is 1.88. The molecular weight excluding hydrogens is 142 g/mol. The molecule has 2 amide bonds. The van der Waals surface area contributed by atoms with Crippen LogP contribution in [0.5, 0.6) is 0 Å². The molecule has 0 aliphatic rings. The normalized spacial score (nSPS) is 9.70. The maximum absolute atomic E-state index is 11.4. The third kappa shape index (κ3) is 4.05. The van der Waals surface area contributed by atoms with Crippen LogP contribution in [0.25, 0.3) is 0 Å². The maximum atomic E-state index is 11.4. The molecule has 0 aromatic rings. The molecule has 0 spiro atoms. The van der Waals surface area contributed by atoms with Gasteiger partial charge in [0, 0.05) is 14.1 Å². The molecule has 0 aliphatic carbocycles. The van der Waals surface area contributed by atoms with E-state index in [-0.39, 0.29) is 0 Å². The lowest BCUT2D eigenvalue weighted by Crippen LogP contribution is -2.37. The van der Waals surface area contributed by atoms with Gasteiger partial charge in [0.15, 0.2) is 0 Å². The van der Waals surface area contributed by atoms with E-state index in [0.717, 1.165) is 0 Å². The Balaban J connectivity index is 3.40. The van der Waals surface area contributed by atoms with E-state index in [1.807, 2.05) is 5.32 Å². The summed E-state index contributed by atoms with van der Waals surface area (Å²) in [5, 5.41) is 2.02. The van der Waals surface area contributed by atoms with Gasteiger partial charge in [0.1, 0.15) is 0 Å². The summed E-state index contributed by atoms with van der Waals surface area (Å²) in [5.41, 5.74) is 0. The lowest BCUT2D eigenvalue weighted by Gasteiger charge is -2.10. The number of hydrogen-bond acceptors (Lipinski definition) is 1. The van der Waals surface area contributed by atoms with Crippen LogP contribution in [0.15, 0.2) is 0 Å². The molecule has 0 aliphatic heterocycles. The Bertz CT molecular complexity index is 116. The Kier molecular flexibility index (Phi) is 3.68. The Morgan fingerprint density at radius 2 is 2.10 bits per heavy atom. The van der Waals surface area contributed by atoms with E-state index in [1.54, 1.807) is 0 Å². The molecule has 0 bridgehead atoms. The van der Waals surface area contributed by atoms with Crippen molar-refractivity contribution in [3.05, 3.63) is 0 Å². The third-order valence-corrected chi connectivity index (χ3v) is 0.814. The van der Waals surface area contributed by atoms with Gasteiger partial charge in [0.05, 0.1) is 6.54 Å². The molecule has 0 unspecified atom stereocenters. The third-order valence-electron chi connectivity index (χ3n) is 0.814. The number of carbonyl (C=O) groups excluding carboxylic acids is 1. The summed E-state index contributed by atoms with van der Waals surface area (Å²) in [6, 6.07) is -0.500. The summed E-state index contributed by atoms with van der Waals surface area (Å²) < 4.78 is 22.9. The van der Waals surface area contributed by atoms with E-state index in [0.29, 0.717) is 0 Å². The summed E-state index contributed by atoms with van der Waals surface area (Å²) in [7, 11) is 2.97. The number of urea groups is 1. The van der Waals surface area contributed by atoms with Crippen molar-refractivity contribution in [1.82, 2.24) is 10.2 Å². The van der Waals surface area contributed by atoms with Crippen molar-refractivity contribution < 1.29 is 13.6 Å². The molecular formula is C5H10F2N2O. The van der Waals surface area contributed by atoms with Crippen molar-refractivity contribution in [2.24, 2.45) is 0 Å². The highest BCUT2D eigenvalue weighted by atomic mass is 19.3. The lowest BCUT2D eigenvalue weighted by atomic mass is 10.6. The minimum Gasteiger partial charge on any atom is -0.332 e. The monoisotopic (exact) mass is 152 g/mol. The van der Waals surface area contributed by atoms with Crippen molar-refractivity contribution >= 4 is 6.03 Å². The molecule has 0 radical (unpaired) electrons. The van der Waals surface area contributed by atoms with Crippen LogP contribution in [0.3, 0.4) is 0 Å². The number of alkyl halides is 2. The number of hydrogen-bond donors (Lipinski definition) is 1. The zero-order chi connectivity index (χ0) is 8.15. The van der Waals surface area contributed by atoms with Crippen LogP contribution < -0.4 is 5.32 Å². The van der Waals surface area contributed by atoms with Crippen molar-refractivity contribution in [2.45, 2.75) is 6.43 Å². The Morgan fingerprint density at radius 3 is 2.40 bits per heavy atom. The quantitative estimate of drug-likeness (QED) is 0.614. The van der Waals surface area contributed by atoms with Crippen LogP contribution in [-0.2, 0) is 0 Å². The van der Waals surface area contributed by atoms with Crippen LogP contribution in [0.4, 0.5) is 13.6 Å². The largest absolute Gasteiger partial charge is 0.332 e. The van der Waals surface area contributed by atoms with Gasteiger partial charge in [-0.1, -0.05) is 0 Å². The van der Waals surface area contributed by atoms with Gasteiger partial charge in [-0.05, 0) is 0 Å². The van der Waals surface area contributed by atoms with Gasteiger partial charge < -0.3 is 10.2 Å². The summed E-state index contributed by atoms with van der Waals surface area (Å²) >= 11 is 0. The second-order valence-electron chi connectivity index (χ2n) is 1.97. The molecule has 0 saturated heterocycles. The smallest absolute Gasteiger partial charge is 0.317 e. The van der Waals surface area contributed by atoms with E-state index in [2.05, 4.69) is 0 Å². The second kappa shape index (κ2) is 4.03. The minimum absolute atomic E-state index is 0.500. The summed E-state index contributed by atoms with van der Waals surface area (Å²) in [6.45, 7) is -0.586. The molecule has 1 N–H and O–H groups in total. The molecule has 0 fully saturated rings. The number of nitrogens with one attached hydrogen (secondary N) is 1. The molecule has 3 nitrogen and oxygen atoms in total.